The smallest absolute Gasteiger partial charge is 0.241 e. The van der Waals surface area contributed by atoms with E-state index in [0.29, 0.717) is 17.8 Å². The summed E-state index contributed by atoms with van der Waals surface area (Å²) in [6.07, 6.45) is 5.08. The van der Waals surface area contributed by atoms with Crippen molar-refractivity contribution in [3.63, 3.8) is 0 Å². The number of imidazole rings is 1. The number of hydrogen-bond donors (Lipinski definition) is 0. The highest BCUT2D eigenvalue weighted by atomic mass is 35.5. The summed E-state index contributed by atoms with van der Waals surface area (Å²) in [5, 5.41) is 0.188. The van der Waals surface area contributed by atoms with Crippen LogP contribution in [-0.4, -0.2) is 37.1 Å². The molecule has 0 amide bonds. The Morgan fingerprint density at radius 1 is 1.20 bits per heavy atom. The lowest BCUT2D eigenvalue weighted by atomic mass is 10.2. The van der Waals surface area contributed by atoms with E-state index in [1.165, 1.54) is 0 Å². The van der Waals surface area contributed by atoms with Crippen molar-refractivity contribution < 1.29 is 0 Å². The van der Waals surface area contributed by atoms with Gasteiger partial charge in [-0.25, -0.2) is 4.98 Å². The van der Waals surface area contributed by atoms with E-state index in [-0.39, 0.29) is 11.3 Å². The fourth-order valence-corrected chi connectivity index (χ4v) is 2.02. The molecule has 0 spiro atoms. The summed E-state index contributed by atoms with van der Waals surface area (Å²) in [7, 11) is 0. The quantitative estimate of drug-likeness (QED) is 0.848. The zero-order chi connectivity index (χ0) is 14.7. The average molecular weight is 295 g/mol. The SMILES string of the molecule is CC(C)CN(c1nc(Cl)nc(-n2ccnc2)n1)C(C)C. The minimum Gasteiger partial charge on any atom is -0.338 e. The predicted octanol–water partition coefficient (Wildman–Crippen LogP) is 2.58. The molecule has 0 radical (unpaired) electrons. The third kappa shape index (κ3) is 3.45. The maximum absolute atomic E-state index is 6.03. The summed E-state index contributed by atoms with van der Waals surface area (Å²) < 4.78 is 1.71. The third-order valence-corrected chi connectivity index (χ3v) is 2.93. The molecular formula is C13H19ClN6. The summed E-state index contributed by atoms with van der Waals surface area (Å²) in [5.41, 5.74) is 0. The van der Waals surface area contributed by atoms with Crippen molar-refractivity contribution >= 4 is 17.5 Å². The van der Waals surface area contributed by atoms with Crippen molar-refractivity contribution in [1.29, 1.82) is 0 Å². The van der Waals surface area contributed by atoms with Crippen LogP contribution in [0.5, 0.6) is 0 Å². The molecule has 2 aromatic heterocycles. The first-order chi connectivity index (χ1) is 9.47. The molecule has 0 atom stereocenters. The minimum atomic E-state index is 0.188. The van der Waals surface area contributed by atoms with Crippen molar-refractivity contribution in [2.75, 3.05) is 11.4 Å². The Hall–Kier alpha value is -1.69. The average Bonchev–Trinajstić information content (AvgIpc) is 2.88. The van der Waals surface area contributed by atoms with E-state index in [0.717, 1.165) is 6.54 Å². The monoisotopic (exact) mass is 294 g/mol. The van der Waals surface area contributed by atoms with E-state index in [1.54, 1.807) is 23.3 Å². The van der Waals surface area contributed by atoms with Gasteiger partial charge in [0.25, 0.3) is 0 Å². The lowest BCUT2D eigenvalue weighted by molar-refractivity contribution is 0.558. The molecule has 0 saturated carbocycles. The number of nitrogens with zero attached hydrogens (tertiary/aromatic N) is 6. The van der Waals surface area contributed by atoms with Crippen LogP contribution in [0.1, 0.15) is 27.7 Å². The highest BCUT2D eigenvalue weighted by molar-refractivity contribution is 6.28. The van der Waals surface area contributed by atoms with E-state index in [4.69, 9.17) is 11.6 Å². The zero-order valence-electron chi connectivity index (χ0n) is 12.2. The van der Waals surface area contributed by atoms with Crippen LogP contribution in [0.15, 0.2) is 18.7 Å². The second-order valence-electron chi connectivity index (χ2n) is 5.31. The van der Waals surface area contributed by atoms with Gasteiger partial charge in [0, 0.05) is 25.0 Å². The first-order valence-corrected chi connectivity index (χ1v) is 7.01. The van der Waals surface area contributed by atoms with Gasteiger partial charge in [-0.05, 0) is 31.4 Å². The lowest BCUT2D eigenvalue weighted by Crippen LogP contribution is -2.36. The summed E-state index contributed by atoms with van der Waals surface area (Å²) in [6.45, 7) is 9.40. The molecule has 0 bridgehead atoms. The summed E-state index contributed by atoms with van der Waals surface area (Å²) in [5.74, 6) is 1.58. The normalized spacial score (nSPS) is 11.3. The molecule has 2 rings (SSSR count). The van der Waals surface area contributed by atoms with Gasteiger partial charge in [0.1, 0.15) is 6.33 Å². The van der Waals surface area contributed by atoms with Crippen molar-refractivity contribution in [2.45, 2.75) is 33.7 Å². The zero-order valence-corrected chi connectivity index (χ0v) is 12.9. The Labute approximate surface area is 123 Å². The third-order valence-electron chi connectivity index (χ3n) is 2.76. The second kappa shape index (κ2) is 6.17. The molecule has 0 saturated heterocycles. The first kappa shape index (κ1) is 14.7. The topological polar surface area (TPSA) is 59.7 Å². The van der Waals surface area contributed by atoms with Gasteiger partial charge in [-0.1, -0.05) is 13.8 Å². The fraction of sp³-hybridized carbons (Fsp3) is 0.538. The van der Waals surface area contributed by atoms with Crippen LogP contribution in [0.25, 0.3) is 5.95 Å². The van der Waals surface area contributed by atoms with Gasteiger partial charge in [-0.15, -0.1) is 0 Å². The Balaban J connectivity index is 2.40. The molecule has 0 unspecified atom stereocenters. The molecule has 6 nitrogen and oxygen atoms in total. The molecular weight excluding hydrogens is 276 g/mol. The highest BCUT2D eigenvalue weighted by Gasteiger charge is 2.17. The van der Waals surface area contributed by atoms with Crippen LogP contribution in [0.3, 0.4) is 0 Å². The van der Waals surface area contributed by atoms with Gasteiger partial charge in [-0.2, -0.15) is 15.0 Å². The molecule has 0 aliphatic carbocycles. The van der Waals surface area contributed by atoms with Crippen LogP contribution in [0, 0.1) is 5.92 Å². The van der Waals surface area contributed by atoms with E-state index in [9.17, 15) is 0 Å². The molecule has 2 aromatic rings. The first-order valence-electron chi connectivity index (χ1n) is 6.64. The van der Waals surface area contributed by atoms with E-state index >= 15 is 0 Å². The maximum Gasteiger partial charge on any atom is 0.241 e. The van der Waals surface area contributed by atoms with Crippen LogP contribution in [0.4, 0.5) is 5.95 Å². The van der Waals surface area contributed by atoms with Gasteiger partial charge < -0.3 is 4.90 Å². The Morgan fingerprint density at radius 3 is 2.50 bits per heavy atom. The van der Waals surface area contributed by atoms with Crippen LogP contribution >= 0.6 is 11.6 Å². The maximum atomic E-state index is 6.03. The molecule has 0 aliphatic rings. The van der Waals surface area contributed by atoms with Crippen molar-refractivity contribution in [3.8, 4) is 5.95 Å². The lowest BCUT2D eigenvalue weighted by Gasteiger charge is -2.28. The Bertz CT molecular complexity index is 552. The predicted molar refractivity (Wildman–Crippen MR) is 79.3 cm³/mol. The number of anilines is 1. The van der Waals surface area contributed by atoms with Crippen LogP contribution < -0.4 is 4.90 Å². The minimum absolute atomic E-state index is 0.188. The standard InChI is InChI=1S/C13H19ClN6/c1-9(2)7-20(10(3)4)13-17-11(14)16-12(18-13)19-6-5-15-8-19/h5-6,8-10H,7H2,1-4H3. The van der Waals surface area contributed by atoms with E-state index in [2.05, 4.69) is 52.5 Å². The summed E-state index contributed by atoms with van der Waals surface area (Å²) in [4.78, 5) is 19.0. The Morgan fingerprint density at radius 2 is 1.95 bits per heavy atom. The van der Waals surface area contributed by atoms with E-state index in [1.807, 2.05) is 0 Å². The largest absolute Gasteiger partial charge is 0.338 e. The van der Waals surface area contributed by atoms with Gasteiger partial charge in [-0.3, -0.25) is 4.57 Å². The van der Waals surface area contributed by atoms with Crippen LogP contribution in [-0.2, 0) is 0 Å². The number of hydrogen-bond acceptors (Lipinski definition) is 5. The fourth-order valence-electron chi connectivity index (χ4n) is 1.87. The van der Waals surface area contributed by atoms with Gasteiger partial charge in [0.15, 0.2) is 0 Å². The Kier molecular flexibility index (Phi) is 4.54. The molecule has 0 aliphatic heterocycles. The number of halogens is 1. The van der Waals surface area contributed by atoms with Crippen molar-refractivity contribution in [3.05, 3.63) is 24.0 Å². The molecule has 0 aromatic carbocycles. The van der Waals surface area contributed by atoms with E-state index < -0.39 is 0 Å². The molecule has 20 heavy (non-hydrogen) atoms. The van der Waals surface area contributed by atoms with Crippen molar-refractivity contribution in [1.82, 2.24) is 24.5 Å². The second-order valence-corrected chi connectivity index (χ2v) is 5.65. The van der Waals surface area contributed by atoms with Gasteiger partial charge in [0.05, 0.1) is 0 Å². The summed E-state index contributed by atoms with van der Waals surface area (Å²) in [6, 6.07) is 0.284. The van der Waals surface area contributed by atoms with Crippen LogP contribution in [0.2, 0.25) is 5.28 Å². The van der Waals surface area contributed by atoms with Gasteiger partial charge in [0.2, 0.25) is 17.2 Å². The van der Waals surface area contributed by atoms with Crippen molar-refractivity contribution in [2.24, 2.45) is 5.92 Å². The molecule has 0 fully saturated rings. The molecule has 108 valence electrons. The molecule has 0 N–H and O–H groups in total. The summed E-state index contributed by atoms with van der Waals surface area (Å²) >= 11 is 6.03. The van der Waals surface area contributed by atoms with Gasteiger partial charge >= 0.3 is 0 Å². The highest BCUT2D eigenvalue weighted by Crippen LogP contribution is 2.17. The molecule has 7 heteroatoms. The number of aromatic nitrogens is 5. The molecule has 2 heterocycles. The number of rotatable bonds is 5.